The summed E-state index contributed by atoms with van der Waals surface area (Å²) in [5, 5.41) is 0. The highest BCUT2D eigenvalue weighted by Crippen LogP contribution is 2.12. The molecule has 0 fully saturated rings. The predicted octanol–water partition coefficient (Wildman–Crippen LogP) is 2.91. The minimum absolute atomic E-state index is 0.493. The first-order valence-electron chi connectivity index (χ1n) is 4.41. The summed E-state index contributed by atoms with van der Waals surface area (Å²) in [7, 11) is 0. The predicted molar refractivity (Wildman–Crippen MR) is 55.6 cm³/mol. The Kier molecular flexibility index (Phi) is 3.44. The molecule has 0 N–H and O–H groups in total. The lowest BCUT2D eigenvalue weighted by Crippen LogP contribution is -1.81. The number of hydrogen-bond donors (Lipinski definition) is 0. The Morgan fingerprint density at radius 2 is 2.08 bits per heavy atom. The zero-order chi connectivity index (χ0) is 9.68. The number of aldehydes is 1. The molecule has 0 radical (unpaired) electrons. The van der Waals surface area contributed by atoms with Gasteiger partial charge in [-0.1, -0.05) is 35.9 Å². The summed E-state index contributed by atoms with van der Waals surface area (Å²) >= 11 is 0. The molecule has 1 aromatic rings. The molecule has 0 atom stereocenters. The third-order valence-corrected chi connectivity index (χ3v) is 1.96. The van der Waals surface area contributed by atoms with Crippen LogP contribution in [0.3, 0.4) is 0 Å². The molecular weight excluding hydrogens is 160 g/mol. The number of carbonyl (C=O) groups is 1. The van der Waals surface area contributed by atoms with Crippen molar-refractivity contribution in [1.82, 2.24) is 0 Å². The molecule has 1 aromatic carbocycles. The fourth-order valence-corrected chi connectivity index (χ4v) is 1.26. The highest BCUT2D eigenvalue weighted by Gasteiger charge is 1.92. The molecule has 0 saturated carbocycles. The lowest BCUT2D eigenvalue weighted by Gasteiger charge is -2.00. The number of aryl methyl sites for hydroxylation is 2. The van der Waals surface area contributed by atoms with Crippen molar-refractivity contribution in [2.75, 3.05) is 0 Å². The Hall–Kier alpha value is -1.37. The summed E-state index contributed by atoms with van der Waals surface area (Å²) in [6.07, 6.45) is 5.27. The van der Waals surface area contributed by atoms with Gasteiger partial charge in [-0.15, -0.1) is 0 Å². The molecule has 0 aliphatic rings. The highest BCUT2D eigenvalue weighted by atomic mass is 16.1. The number of benzene rings is 1. The van der Waals surface area contributed by atoms with Gasteiger partial charge in [0, 0.05) is 6.42 Å². The summed E-state index contributed by atoms with van der Waals surface area (Å²) in [6, 6.07) is 6.29. The summed E-state index contributed by atoms with van der Waals surface area (Å²) in [4.78, 5) is 10.1. The second-order valence-corrected chi connectivity index (χ2v) is 3.16. The van der Waals surface area contributed by atoms with Crippen LogP contribution in [0.1, 0.15) is 23.1 Å². The van der Waals surface area contributed by atoms with Gasteiger partial charge < -0.3 is 4.79 Å². The molecule has 0 aliphatic heterocycles. The molecule has 0 amide bonds. The maximum absolute atomic E-state index is 10.1. The minimum Gasteiger partial charge on any atom is -0.303 e. The number of hydrogen-bond acceptors (Lipinski definition) is 1. The van der Waals surface area contributed by atoms with Gasteiger partial charge in [0.15, 0.2) is 0 Å². The second kappa shape index (κ2) is 4.61. The van der Waals surface area contributed by atoms with E-state index in [1.165, 1.54) is 16.7 Å². The Balaban J connectivity index is 2.83. The van der Waals surface area contributed by atoms with Crippen LogP contribution in [0.5, 0.6) is 0 Å². The second-order valence-electron chi connectivity index (χ2n) is 3.16. The van der Waals surface area contributed by atoms with Crippen LogP contribution in [0, 0.1) is 13.8 Å². The Labute approximate surface area is 79.1 Å². The van der Waals surface area contributed by atoms with Gasteiger partial charge in [0.25, 0.3) is 0 Å². The van der Waals surface area contributed by atoms with Crippen LogP contribution in [-0.2, 0) is 4.79 Å². The van der Waals surface area contributed by atoms with E-state index >= 15 is 0 Å². The lowest BCUT2D eigenvalue weighted by molar-refractivity contribution is -0.107. The zero-order valence-corrected chi connectivity index (χ0v) is 8.08. The SMILES string of the molecule is Cc1ccc(C=CCC=O)c(C)c1. The third kappa shape index (κ3) is 2.86. The molecule has 1 nitrogen and oxygen atoms in total. The van der Waals surface area contributed by atoms with E-state index in [2.05, 4.69) is 32.0 Å². The van der Waals surface area contributed by atoms with Crippen LogP contribution in [-0.4, -0.2) is 6.29 Å². The van der Waals surface area contributed by atoms with E-state index in [9.17, 15) is 4.79 Å². The Bertz CT molecular complexity index is 324. The van der Waals surface area contributed by atoms with Gasteiger partial charge in [-0.2, -0.15) is 0 Å². The minimum atomic E-state index is 0.493. The first kappa shape index (κ1) is 9.72. The molecule has 0 bridgehead atoms. The largest absolute Gasteiger partial charge is 0.303 e. The molecule has 13 heavy (non-hydrogen) atoms. The zero-order valence-electron chi connectivity index (χ0n) is 8.08. The van der Waals surface area contributed by atoms with Gasteiger partial charge in [-0.3, -0.25) is 0 Å². The average Bonchev–Trinajstić information content (AvgIpc) is 2.09. The Morgan fingerprint density at radius 3 is 2.69 bits per heavy atom. The fraction of sp³-hybridized carbons (Fsp3) is 0.250. The number of rotatable bonds is 3. The van der Waals surface area contributed by atoms with Crippen LogP contribution in [0.2, 0.25) is 0 Å². The van der Waals surface area contributed by atoms with E-state index in [1.54, 1.807) is 0 Å². The van der Waals surface area contributed by atoms with Crippen molar-refractivity contribution >= 4 is 12.4 Å². The molecule has 68 valence electrons. The van der Waals surface area contributed by atoms with E-state index in [0.717, 1.165) is 6.29 Å². The monoisotopic (exact) mass is 174 g/mol. The Morgan fingerprint density at radius 1 is 1.31 bits per heavy atom. The smallest absolute Gasteiger partial charge is 0.123 e. The topological polar surface area (TPSA) is 17.1 Å². The summed E-state index contributed by atoms with van der Waals surface area (Å²) in [5.41, 5.74) is 3.71. The molecule has 0 aromatic heterocycles. The number of carbonyl (C=O) groups excluding carboxylic acids is 1. The summed E-state index contributed by atoms with van der Waals surface area (Å²) in [6.45, 7) is 4.15. The lowest BCUT2D eigenvalue weighted by atomic mass is 10.1. The summed E-state index contributed by atoms with van der Waals surface area (Å²) in [5.74, 6) is 0. The molecular formula is C12H14O. The molecule has 0 heterocycles. The average molecular weight is 174 g/mol. The van der Waals surface area contributed by atoms with Gasteiger partial charge in [-0.05, 0) is 25.0 Å². The molecule has 0 aliphatic carbocycles. The van der Waals surface area contributed by atoms with Crippen LogP contribution in [0.4, 0.5) is 0 Å². The first-order chi connectivity index (χ1) is 6.24. The van der Waals surface area contributed by atoms with E-state index in [0.29, 0.717) is 6.42 Å². The maximum atomic E-state index is 10.1. The quantitative estimate of drug-likeness (QED) is 0.644. The van der Waals surface area contributed by atoms with Crippen LogP contribution in [0.15, 0.2) is 24.3 Å². The van der Waals surface area contributed by atoms with E-state index in [-0.39, 0.29) is 0 Å². The summed E-state index contributed by atoms with van der Waals surface area (Å²) < 4.78 is 0. The van der Waals surface area contributed by atoms with E-state index in [1.807, 2.05) is 12.2 Å². The van der Waals surface area contributed by atoms with Crippen LogP contribution < -0.4 is 0 Å². The van der Waals surface area contributed by atoms with Crippen LogP contribution >= 0.6 is 0 Å². The van der Waals surface area contributed by atoms with Crippen molar-refractivity contribution in [1.29, 1.82) is 0 Å². The molecule has 0 spiro atoms. The van der Waals surface area contributed by atoms with Gasteiger partial charge in [0.2, 0.25) is 0 Å². The van der Waals surface area contributed by atoms with Crippen molar-refractivity contribution in [3.63, 3.8) is 0 Å². The van der Waals surface area contributed by atoms with E-state index < -0.39 is 0 Å². The van der Waals surface area contributed by atoms with E-state index in [4.69, 9.17) is 0 Å². The molecule has 1 rings (SSSR count). The standard InChI is InChI=1S/C12H14O/c1-10-6-7-12(11(2)9-10)5-3-4-8-13/h3,5-9H,4H2,1-2H3. The third-order valence-electron chi connectivity index (χ3n) is 1.96. The number of allylic oxidation sites excluding steroid dienone is 1. The van der Waals surface area contributed by atoms with Gasteiger partial charge in [0.05, 0.1) is 0 Å². The first-order valence-corrected chi connectivity index (χ1v) is 4.41. The maximum Gasteiger partial charge on any atom is 0.123 e. The highest BCUT2D eigenvalue weighted by molar-refractivity contribution is 5.59. The normalized spacial score (nSPS) is 10.6. The fourth-order valence-electron chi connectivity index (χ4n) is 1.26. The molecule has 0 saturated heterocycles. The van der Waals surface area contributed by atoms with Gasteiger partial charge >= 0.3 is 0 Å². The van der Waals surface area contributed by atoms with Crippen molar-refractivity contribution in [2.24, 2.45) is 0 Å². The van der Waals surface area contributed by atoms with Crippen molar-refractivity contribution in [2.45, 2.75) is 20.3 Å². The van der Waals surface area contributed by atoms with Crippen LogP contribution in [0.25, 0.3) is 6.08 Å². The molecule has 0 unspecified atom stereocenters. The van der Waals surface area contributed by atoms with Crippen molar-refractivity contribution in [3.05, 3.63) is 41.0 Å². The van der Waals surface area contributed by atoms with Gasteiger partial charge in [-0.25, -0.2) is 0 Å². The van der Waals surface area contributed by atoms with Crippen molar-refractivity contribution in [3.8, 4) is 0 Å². The van der Waals surface area contributed by atoms with Gasteiger partial charge in [0.1, 0.15) is 6.29 Å². The molecule has 1 heteroatoms. The van der Waals surface area contributed by atoms with Crippen molar-refractivity contribution < 1.29 is 4.79 Å².